The van der Waals surface area contributed by atoms with E-state index in [1.54, 1.807) is 18.1 Å². The van der Waals surface area contributed by atoms with E-state index < -0.39 is 0 Å². The van der Waals surface area contributed by atoms with Crippen LogP contribution < -0.4 is 4.90 Å². The van der Waals surface area contributed by atoms with Gasteiger partial charge in [0.1, 0.15) is 41.9 Å². The van der Waals surface area contributed by atoms with Crippen molar-refractivity contribution in [3.05, 3.63) is 16.8 Å². The molecule has 2 aromatic heterocycles. The topological polar surface area (TPSA) is 59.7 Å². The lowest BCUT2D eigenvalue weighted by Crippen LogP contribution is -3.15. The first-order valence-corrected chi connectivity index (χ1v) is 11.0. The van der Waals surface area contributed by atoms with Crippen molar-refractivity contribution in [1.82, 2.24) is 9.97 Å². The quantitative estimate of drug-likeness (QED) is 0.603. The van der Waals surface area contributed by atoms with E-state index in [2.05, 4.69) is 16.9 Å². The van der Waals surface area contributed by atoms with Gasteiger partial charge in [-0.3, -0.25) is 0 Å². The minimum Gasteiger partial charge on any atom is -0.386 e. The molecule has 1 saturated heterocycles. The highest BCUT2D eigenvalue weighted by molar-refractivity contribution is 7.99. The van der Waals surface area contributed by atoms with Crippen molar-refractivity contribution in [1.29, 1.82) is 0 Å². The standard InChI is InChI=1S/C18H25N3O2S2/c1-12-2-3-14-15(8-12)25-18-16(14)17(19-11-20-18)24-10-13(22)9-21-4-6-23-7-5-21/h11-13,22H,2-10H2,1H3/p+1/t12-,13-/m1/s1. The van der Waals surface area contributed by atoms with Gasteiger partial charge in [-0.05, 0) is 30.7 Å². The van der Waals surface area contributed by atoms with Gasteiger partial charge in [0.05, 0.1) is 13.2 Å². The molecule has 2 N–H and O–H groups in total. The monoisotopic (exact) mass is 380 g/mol. The number of quaternary nitrogens is 1. The number of aliphatic hydroxyl groups is 1. The molecule has 0 aromatic carbocycles. The summed E-state index contributed by atoms with van der Waals surface area (Å²) in [6.07, 6.45) is 4.93. The van der Waals surface area contributed by atoms with Gasteiger partial charge in [0, 0.05) is 16.0 Å². The number of thioether (sulfide) groups is 1. The predicted octanol–water partition coefficient (Wildman–Crippen LogP) is 1.18. The minimum absolute atomic E-state index is 0.308. The van der Waals surface area contributed by atoms with Gasteiger partial charge in [0.25, 0.3) is 0 Å². The van der Waals surface area contributed by atoms with Gasteiger partial charge in [-0.15, -0.1) is 23.1 Å². The van der Waals surface area contributed by atoms with Gasteiger partial charge in [0.2, 0.25) is 0 Å². The summed E-state index contributed by atoms with van der Waals surface area (Å²) in [7, 11) is 0. The number of fused-ring (bicyclic) bond motifs is 3. The van der Waals surface area contributed by atoms with Crippen molar-refractivity contribution in [2.45, 2.75) is 37.3 Å². The molecular weight excluding hydrogens is 354 g/mol. The van der Waals surface area contributed by atoms with E-state index >= 15 is 0 Å². The van der Waals surface area contributed by atoms with Gasteiger partial charge in [-0.2, -0.15) is 0 Å². The van der Waals surface area contributed by atoms with Gasteiger partial charge in [-0.1, -0.05) is 6.92 Å². The Balaban J connectivity index is 1.46. The number of hydrogen-bond acceptors (Lipinski definition) is 6. The first-order valence-electron chi connectivity index (χ1n) is 9.18. The molecule has 5 nitrogen and oxygen atoms in total. The molecule has 2 aromatic rings. The SMILES string of the molecule is C[C@@H]1CCc2c(sc3ncnc(SC[C@H](O)C[NH+]4CCOCC4)c23)C1. The van der Waals surface area contributed by atoms with Crippen LogP contribution in [0.25, 0.3) is 10.2 Å². The summed E-state index contributed by atoms with van der Waals surface area (Å²) in [5.41, 5.74) is 1.47. The zero-order valence-electron chi connectivity index (χ0n) is 14.7. The second-order valence-corrected chi connectivity index (χ2v) is 9.33. The third-order valence-corrected chi connectivity index (χ3v) is 7.49. The number of ether oxygens (including phenoxy) is 1. The van der Waals surface area contributed by atoms with Crippen LogP contribution in [0.4, 0.5) is 0 Å². The van der Waals surface area contributed by atoms with E-state index in [-0.39, 0.29) is 6.10 Å². The van der Waals surface area contributed by atoms with Crippen LogP contribution >= 0.6 is 23.1 Å². The lowest BCUT2D eigenvalue weighted by Gasteiger charge is -2.25. The average molecular weight is 381 g/mol. The molecule has 25 heavy (non-hydrogen) atoms. The number of nitrogens with zero attached hydrogens (tertiary/aromatic N) is 2. The van der Waals surface area contributed by atoms with Crippen molar-refractivity contribution in [2.75, 3.05) is 38.6 Å². The molecule has 2 atom stereocenters. The Morgan fingerprint density at radius 1 is 1.40 bits per heavy atom. The van der Waals surface area contributed by atoms with Crippen molar-refractivity contribution >= 4 is 33.3 Å². The molecule has 1 aliphatic heterocycles. The fraction of sp³-hybridized carbons (Fsp3) is 0.667. The minimum atomic E-state index is -0.308. The summed E-state index contributed by atoms with van der Waals surface area (Å²) < 4.78 is 5.39. The summed E-state index contributed by atoms with van der Waals surface area (Å²) in [5.74, 6) is 1.46. The molecule has 0 radical (unpaired) electrons. The van der Waals surface area contributed by atoms with Crippen LogP contribution in [-0.4, -0.2) is 59.8 Å². The molecule has 1 aliphatic carbocycles. The molecule has 0 spiro atoms. The Bertz CT molecular complexity index is 730. The van der Waals surface area contributed by atoms with Crippen molar-refractivity contribution < 1.29 is 14.7 Å². The zero-order valence-corrected chi connectivity index (χ0v) is 16.3. The Morgan fingerprint density at radius 3 is 3.08 bits per heavy atom. The van der Waals surface area contributed by atoms with Crippen LogP contribution in [0.15, 0.2) is 11.4 Å². The summed E-state index contributed by atoms with van der Waals surface area (Å²) in [6.45, 7) is 6.73. The molecule has 136 valence electrons. The smallest absolute Gasteiger partial charge is 0.128 e. The maximum atomic E-state index is 10.4. The molecule has 7 heteroatoms. The molecule has 3 heterocycles. The van der Waals surface area contributed by atoms with Gasteiger partial charge in [-0.25, -0.2) is 9.97 Å². The Labute approximate surface area is 156 Å². The number of aryl methyl sites for hydroxylation is 1. The van der Waals surface area contributed by atoms with Crippen LogP contribution in [0.3, 0.4) is 0 Å². The maximum Gasteiger partial charge on any atom is 0.128 e. The first-order chi connectivity index (χ1) is 12.2. The molecule has 1 fully saturated rings. The molecule has 0 bridgehead atoms. The van der Waals surface area contributed by atoms with E-state index in [0.717, 1.165) is 55.0 Å². The average Bonchev–Trinajstić information content (AvgIpc) is 2.98. The lowest BCUT2D eigenvalue weighted by atomic mass is 9.89. The van der Waals surface area contributed by atoms with Crippen molar-refractivity contribution in [3.63, 3.8) is 0 Å². The van der Waals surface area contributed by atoms with Crippen LogP contribution in [0.1, 0.15) is 23.8 Å². The highest BCUT2D eigenvalue weighted by Crippen LogP contribution is 2.40. The second kappa shape index (κ2) is 7.88. The predicted molar refractivity (Wildman–Crippen MR) is 102 cm³/mol. The fourth-order valence-electron chi connectivity index (χ4n) is 3.79. The Morgan fingerprint density at radius 2 is 2.24 bits per heavy atom. The van der Waals surface area contributed by atoms with Crippen LogP contribution in [0, 0.1) is 5.92 Å². The normalized spacial score (nSPS) is 22.9. The number of aromatic nitrogens is 2. The number of thiophene rings is 1. The summed E-state index contributed by atoms with van der Waals surface area (Å²) >= 11 is 3.52. The first kappa shape index (κ1) is 17.7. The van der Waals surface area contributed by atoms with Crippen molar-refractivity contribution in [3.8, 4) is 0 Å². The van der Waals surface area contributed by atoms with E-state index in [9.17, 15) is 5.11 Å². The van der Waals surface area contributed by atoms with Crippen LogP contribution in [0.2, 0.25) is 0 Å². The van der Waals surface area contributed by atoms with Gasteiger partial charge >= 0.3 is 0 Å². The number of morpholine rings is 1. The number of rotatable bonds is 5. The third kappa shape index (κ3) is 4.01. The molecular formula is C18H26N3O2S2+. The Hall–Kier alpha value is -0.730. The number of hydrogen-bond donors (Lipinski definition) is 2. The Kier molecular flexibility index (Phi) is 5.57. The number of nitrogens with one attached hydrogen (secondary N) is 1. The second-order valence-electron chi connectivity index (χ2n) is 7.24. The molecule has 0 saturated carbocycles. The molecule has 0 amide bonds. The van der Waals surface area contributed by atoms with E-state index in [1.807, 2.05) is 11.3 Å². The fourth-order valence-corrected chi connectivity index (χ4v) is 6.16. The molecule has 2 aliphatic rings. The van der Waals surface area contributed by atoms with E-state index in [0.29, 0.717) is 5.75 Å². The highest BCUT2D eigenvalue weighted by atomic mass is 32.2. The lowest BCUT2D eigenvalue weighted by molar-refractivity contribution is -0.910. The van der Waals surface area contributed by atoms with Gasteiger partial charge < -0.3 is 14.7 Å². The maximum absolute atomic E-state index is 10.4. The molecule has 0 unspecified atom stereocenters. The molecule has 4 rings (SSSR count). The zero-order chi connectivity index (χ0) is 17.2. The van der Waals surface area contributed by atoms with Crippen LogP contribution in [0.5, 0.6) is 0 Å². The van der Waals surface area contributed by atoms with E-state index in [4.69, 9.17) is 4.74 Å². The highest BCUT2D eigenvalue weighted by Gasteiger charge is 2.24. The summed E-state index contributed by atoms with van der Waals surface area (Å²) in [4.78, 5) is 13.1. The number of aliphatic hydroxyl groups excluding tert-OH is 1. The largest absolute Gasteiger partial charge is 0.386 e. The summed E-state index contributed by atoms with van der Waals surface area (Å²) in [5, 5.41) is 12.7. The van der Waals surface area contributed by atoms with Gasteiger partial charge in [0.15, 0.2) is 0 Å². The van der Waals surface area contributed by atoms with E-state index in [1.165, 1.54) is 33.6 Å². The van der Waals surface area contributed by atoms with Crippen molar-refractivity contribution in [2.24, 2.45) is 5.92 Å². The summed E-state index contributed by atoms with van der Waals surface area (Å²) in [6, 6.07) is 0. The van der Waals surface area contributed by atoms with Crippen LogP contribution in [-0.2, 0) is 17.6 Å². The third-order valence-electron chi connectivity index (χ3n) is 5.19.